The van der Waals surface area contributed by atoms with Crippen LogP contribution in [0.4, 0.5) is 5.69 Å². The van der Waals surface area contributed by atoms with E-state index in [1.807, 2.05) is 12.1 Å². The van der Waals surface area contributed by atoms with Gasteiger partial charge in [0.2, 0.25) is 5.91 Å². The Hall–Kier alpha value is -3.17. The van der Waals surface area contributed by atoms with Crippen molar-refractivity contribution < 1.29 is 9.59 Å². The summed E-state index contributed by atoms with van der Waals surface area (Å²) in [7, 11) is 0. The highest BCUT2D eigenvalue weighted by Gasteiger charge is 2.45. The molecule has 1 N–H and O–H groups in total. The lowest BCUT2D eigenvalue weighted by molar-refractivity contribution is -0.139. The molecule has 0 radical (unpaired) electrons. The standard InChI is InChI=1S/C29H32N4O2/c30-16-20-6-2-7-21(14-20)29(35)31-26-9-3-8-25-24(26)12-13-27(25)32-17-22-10-11-23(18-32)33(22)28(34)15-19-4-1-5-19/h2-3,6-9,14,19,22-23,27H,1,4-5,10-13,15,17-18H2,(H,31,35). The van der Waals surface area contributed by atoms with E-state index in [-0.39, 0.29) is 5.91 Å². The van der Waals surface area contributed by atoms with Gasteiger partial charge >= 0.3 is 0 Å². The maximum absolute atomic E-state index is 13.0. The van der Waals surface area contributed by atoms with Crippen molar-refractivity contribution in [2.45, 2.75) is 69.5 Å². The largest absolute Gasteiger partial charge is 0.334 e. The summed E-state index contributed by atoms with van der Waals surface area (Å²) in [6.45, 7) is 1.91. The van der Waals surface area contributed by atoms with Crippen LogP contribution in [0.5, 0.6) is 0 Å². The summed E-state index contributed by atoms with van der Waals surface area (Å²) in [6.07, 6.45) is 8.70. The third-order valence-corrected chi connectivity index (χ3v) is 8.67. The van der Waals surface area contributed by atoms with Gasteiger partial charge in [0.15, 0.2) is 0 Å². The average molecular weight is 469 g/mol. The van der Waals surface area contributed by atoms with Crippen molar-refractivity contribution in [1.82, 2.24) is 9.80 Å². The first-order chi connectivity index (χ1) is 17.1. The maximum Gasteiger partial charge on any atom is 0.255 e. The fraction of sp³-hybridized carbons (Fsp3) is 0.483. The van der Waals surface area contributed by atoms with Crippen LogP contribution in [0, 0.1) is 17.2 Å². The van der Waals surface area contributed by atoms with Crippen LogP contribution in [0.25, 0.3) is 0 Å². The Morgan fingerprint density at radius 1 is 1.00 bits per heavy atom. The second-order valence-corrected chi connectivity index (χ2v) is 10.7. The van der Waals surface area contributed by atoms with Gasteiger partial charge in [0.1, 0.15) is 0 Å². The molecule has 0 spiro atoms. The minimum atomic E-state index is -0.185. The summed E-state index contributed by atoms with van der Waals surface area (Å²) in [5.41, 5.74) is 4.38. The Morgan fingerprint density at radius 3 is 2.49 bits per heavy atom. The highest BCUT2D eigenvalue weighted by molar-refractivity contribution is 6.05. The van der Waals surface area contributed by atoms with E-state index in [9.17, 15) is 9.59 Å². The number of benzene rings is 2. The van der Waals surface area contributed by atoms with Crippen molar-refractivity contribution in [3.8, 4) is 6.07 Å². The molecule has 6 rings (SSSR count). The molecule has 180 valence electrons. The predicted octanol–water partition coefficient (Wildman–Crippen LogP) is 4.66. The molecule has 0 aromatic heterocycles. The molecular formula is C29H32N4O2. The Balaban J connectivity index is 1.16. The van der Waals surface area contributed by atoms with Crippen LogP contribution in [0.2, 0.25) is 0 Å². The zero-order chi connectivity index (χ0) is 23.9. The van der Waals surface area contributed by atoms with Gasteiger partial charge in [-0.3, -0.25) is 14.5 Å². The summed E-state index contributed by atoms with van der Waals surface area (Å²) >= 11 is 0. The number of piperazine rings is 1. The Kier molecular flexibility index (Phi) is 5.82. The van der Waals surface area contributed by atoms with Gasteiger partial charge in [-0.05, 0) is 79.8 Å². The second kappa shape index (κ2) is 9.13. The zero-order valence-electron chi connectivity index (χ0n) is 20.1. The van der Waals surface area contributed by atoms with Crippen molar-refractivity contribution in [3.63, 3.8) is 0 Å². The van der Waals surface area contributed by atoms with Crippen LogP contribution in [0.1, 0.15) is 78.0 Å². The predicted molar refractivity (Wildman–Crippen MR) is 134 cm³/mol. The van der Waals surface area contributed by atoms with Crippen LogP contribution in [-0.2, 0) is 11.2 Å². The first kappa shape index (κ1) is 22.3. The second-order valence-electron chi connectivity index (χ2n) is 10.7. The van der Waals surface area contributed by atoms with Crippen molar-refractivity contribution in [2.75, 3.05) is 18.4 Å². The SMILES string of the molecule is N#Cc1cccc(C(=O)Nc2cccc3c2CCC3N2CC3CCC(C2)N3C(=O)CC2CCC2)c1. The third kappa shape index (κ3) is 4.12. The third-order valence-electron chi connectivity index (χ3n) is 8.67. The van der Waals surface area contributed by atoms with Crippen LogP contribution in [0.15, 0.2) is 42.5 Å². The molecule has 2 bridgehead atoms. The number of carbonyl (C=O) groups excluding carboxylic acids is 2. The van der Waals surface area contributed by atoms with E-state index in [2.05, 4.69) is 27.3 Å². The minimum absolute atomic E-state index is 0.185. The fourth-order valence-electron chi connectivity index (χ4n) is 6.70. The smallest absolute Gasteiger partial charge is 0.255 e. The monoisotopic (exact) mass is 468 g/mol. The summed E-state index contributed by atoms with van der Waals surface area (Å²) in [6, 6.07) is 16.2. The number of nitrogens with zero attached hydrogens (tertiary/aromatic N) is 3. The molecule has 6 nitrogen and oxygen atoms in total. The van der Waals surface area contributed by atoms with E-state index >= 15 is 0 Å². The van der Waals surface area contributed by atoms with E-state index in [1.165, 1.54) is 30.4 Å². The molecule has 1 saturated carbocycles. The molecule has 4 aliphatic rings. The first-order valence-electron chi connectivity index (χ1n) is 13.1. The Morgan fingerprint density at radius 2 is 1.77 bits per heavy atom. The van der Waals surface area contributed by atoms with E-state index in [1.54, 1.807) is 24.3 Å². The van der Waals surface area contributed by atoms with Gasteiger partial charge in [0.25, 0.3) is 5.91 Å². The van der Waals surface area contributed by atoms with Crippen LogP contribution in [0.3, 0.4) is 0 Å². The number of hydrogen-bond donors (Lipinski definition) is 1. The number of nitrogens with one attached hydrogen (secondary N) is 1. The van der Waals surface area contributed by atoms with Crippen LogP contribution < -0.4 is 5.32 Å². The number of anilines is 1. The first-order valence-corrected chi connectivity index (χ1v) is 13.1. The maximum atomic E-state index is 13.0. The van der Waals surface area contributed by atoms with Gasteiger partial charge in [0.05, 0.1) is 11.6 Å². The number of likely N-dealkylation sites (tertiary alicyclic amines) is 1. The van der Waals surface area contributed by atoms with Gasteiger partial charge in [-0.15, -0.1) is 0 Å². The van der Waals surface area contributed by atoms with Crippen molar-refractivity contribution in [3.05, 3.63) is 64.7 Å². The summed E-state index contributed by atoms with van der Waals surface area (Å²) in [5.74, 6) is 0.826. The van der Waals surface area contributed by atoms with Crippen LogP contribution >= 0.6 is 0 Å². The number of fused-ring (bicyclic) bond motifs is 3. The van der Waals surface area contributed by atoms with Gasteiger partial charge in [-0.1, -0.05) is 24.6 Å². The van der Waals surface area contributed by atoms with E-state index in [0.29, 0.717) is 41.1 Å². The van der Waals surface area contributed by atoms with E-state index in [4.69, 9.17) is 5.26 Å². The number of carbonyl (C=O) groups is 2. The molecule has 6 heteroatoms. The number of hydrogen-bond acceptors (Lipinski definition) is 4. The van der Waals surface area contributed by atoms with Gasteiger partial charge < -0.3 is 10.2 Å². The molecule has 2 aliphatic carbocycles. The van der Waals surface area contributed by atoms with E-state index < -0.39 is 0 Å². The molecule has 2 amide bonds. The summed E-state index contributed by atoms with van der Waals surface area (Å²) < 4.78 is 0. The van der Waals surface area contributed by atoms with Gasteiger partial charge in [-0.25, -0.2) is 0 Å². The zero-order valence-corrected chi connectivity index (χ0v) is 20.1. The Bertz CT molecular complexity index is 1180. The Labute approximate surface area is 206 Å². The van der Waals surface area contributed by atoms with Gasteiger partial charge in [-0.2, -0.15) is 5.26 Å². The normalized spacial score (nSPS) is 25.6. The molecule has 3 atom stereocenters. The molecule has 3 unspecified atom stereocenters. The summed E-state index contributed by atoms with van der Waals surface area (Å²) in [4.78, 5) is 30.8. The number of nitriles is 1. The van der Waals surface area contributed by atoms with Crippen LogP contribution in [-0.4, -0.2) is 46.8 Å². The highest BCUT2D eigenvalue weighted by Crippen LogP contribution is 2.43. The molecule has 2 saturated heterocycles. The van der Waals surface area contributed by atoms with Gasteiger partial charge in [0, 0.05) is 48.9 Å². The lowest BCUT2D eigenvalue weighted by Gasteiger charge is -2.44. The number of rotatable bonds is 5. The average Bonchev–Trinajstić information content (AvgIpc) is 3.40. The summed E-state index contributed by atoms with van der Waals surface area (Å²) in [5, 5.41) is 12.2. The van der Waals surface area contributed by atoms with Crippen molar-refractivity contribution >= 4 is 17.5 Å². The van der Waals surface area contributed by atoms with Crippen molar-refractivity contribution in [2.24, 2.45) is 5.92 Å². The number of amides is 2. The molecule has 2 aromatic rings. The van der Waals surface area contributed by atoms with Crippen molar-refractivity contribution in [1.29, 1.82) is 5.26 Å². The van der Waals surface area contributed by atoms with E-state index in [0.717, 1.165) is 50.9 Å². The molecule has 3 fully saturated rings. The molecular weight excluding hydrogens is 436 g/mol. The lowest BCUT2D eigenvalue weighted by Crippen LogP contribution is -2.56. The molecule has 2 aliphatic heterocycles. The highest BCUT2D eigenvalue weighted by atomic mass is 16.2. The molecule has 35 heavy (non-hydrogen) atoms. The minimum Gasteiger partial charge on any atom is -0.334 e. The lowest BCUT2D eigenvalue weighted by atomic mass is 9.82. The molecule has 2 aromatic carbocycles. The molecule has 2 heterocycles. The fourth-order valence-corrected chi connectivity index (χ4v) is 6.70. The topological polar surface area (TPSA) is 76.4 Å². The quantitative estimate of drug-likeness (QED) is 0.692.